The highest BCUT2D eigenvalue weighted by Gasteiger charge is 2.20. The zero-order chi connectivity index (χ0) is 22.2. The molecule has 0 aromatic heterocycles. The highest BCUT2D eigenvalue weighted by molar-refractivity contribution is 5.84. The Morgan fingerprint density at radius 2 is 1.39 bits per heavy atom. The number of nitrogens with zero attached hydrogens (tertiary/aromatic N) is 2. The summed E-state index contributed by atoms with van der Waals surface area (Å²) in [6, 6.07) is 29.0. The van der Waals surface area contributed by atoms with Gasteiger partial charge in [-0.1, -0.05) is 74.4 Å². The maximum Gasteiger partial charge on any atom is 0.0991 e. The van der Waals surface area contributed by atoms with Crippen LogP contribution in [0.15, 0.2) is 78.4 Å². The molecule has 0 aliphatic heterocycles. The van der Waals surface area contributed by atoms with Crippen LogP contribution < -0.4 is 0 Å². The van der Waals surface area contributed by atoms with Gasteiger partial charge in [-0.3, -0.25) is 0 Å². The minimum absolute atomic E-state index is 0.256. The summed E-state index contributed by atoms with van der Waals surface area (Å²) in [5.74, 6) is 0.256. The lowest BCUT2D eigenvalue weighted by Gasteiger charge is -2.24. The monoisotopic (exact) mass is 404 g/mol. The van der Waals surface area contributed by atoms with E-state index in [4.69, 9.17) is 0 Å². The molecular weight excluding hydrogens is 376 g/mol. The lowest BCUT2D eigenvalue weighted by atomic mass is 9.80. The molecule has 0 bridgehead atoms. The van der Waals surface area contributed by atoms with Gasteiger partial charge < -0.3 is 0 Å². The molecule has 154 valence electrons. The molecule has 3 rings (SSSR count). The van der Waals surface area contributed by atoms with Crippen LogP contribution in [-0.4, -0.2) is 0 Å². The largest absolute Gasteiger partial charge is 0.192 e. The summed E-state index contributed by atoms with van der Waals surface area (Å²) in [5, 5.41) is 18.4. The molecule has 1 unspecified atom stereocenters. The smallest absolute Gasteiger partial charge is 0.0991 e. The standard InChI is InChI=1S/C29H28N2/c1-4-8-26(24-15-11-22(19-30)12-16-24)27-9-6-7-10-28(27)29(21(3)5-2)25-17-13-23(20-31)14-18-25/h6-7,9-18,26H,4-5,8H2,1-3H3/b29-21-. The van der Waals surface area contributed by atoms with Crippen LogP contribution in [-0.2, 0) is 0 Å². The lowest BCUT2D eigenvalue weighted by molar-refractivity contribution is 0.697. The average molecular weight is 405 g/mol. The van der Waals surface area contributed by atoms with Crippen LogP contribution in [0.2, 0.25) is 0 Å². The van der Waals surface area contributed by atoms with E-state index in [1.54, 1.807) is 0 Å². The molecule has 0 saturated heterocycles. The van der Waals surface area contributed by atoms with Gasteiger partial charge in [0, 0.05) is 5.92 Å². The van der Waals surface area contributed by atoms with Gasteiger partial charge in [-0.15, -0.1) is 0 Å². The Bertz CT molecular complexity index is 1140. The van der Waals surface area contributed by atoms with Gasteiger partial charge in [0.25, 0.3) is 0 Å². The van der Waals surface area contributed by atoms with Crippen molar-refractivity contribution in [1.29, 1.82) is 10.5 Å². The maximum atomic E-state index is 9.20. The van der Waals surface area contributed by atoms with Crippen LogP contribution in [0.25, 0.3) is 5.57 Å². The van der Waals surface area contributed by atoms with E-state index in [9.17, 15) is 10.5 Å². The number of allylic oxidation sites excluding steroid dienone is 1. The normalized spacial score (nSPS) is 12.4. The maximum absolute atomic E-state index is 9.20. The van der Waals surface area contributed by atoms with Gasteiger partial charge in [-0.2, -0.15) is 10.5 Å². The first-order valence-electron chi connectivity index (χ1n) is 10.9. The minimum Gasteiger partial charge on any atom is -0.192 e. The van der Waals surface area contributed by atoms with Gasteiger partial charge in [0.05, 0.1) is 23.3 Å². The molecule has 3 aromatic carbocycles. The van der Waals surface area contributed by atoms with Crippen LogP contribution in [0.4, 0.5) is 0 Å². The second-order valence-electron chi connectivity index (χ2n) is 7.86. The minimum atomic E-state index is 0.256. The van der Waals surface area contributed by atoms with Crippen molar-refractivity contribution in [3.63, 3.8) is 0 Å². The molecule has 2 nitrogen and oxygen atoms in total. The number of rotatable bonds is 7. The molecule has 0 aliphatic rings. The quantitative estimate of drug-likeness (QED) is 0.407. The van der Waals surface area contributed by atoms with E-state index >= 15 is 0 Å². The zero-order valence-corrected chi connectivity index (χ0v) is 18.5. The molecule has 3 aromatic rings. The fraction of sp³-hybridized carbons (Fsp3) is 0.241. The molecule has 0 amide bonds. The van der Waals surface area contributed by atoms with Gasteiger partial charge in [0.1, 0.15) is 0 Å². The fourth-order valence-corrected chi connectivity index (χ4v) is 4.13. The van der Waals surface area contributed by atoms with E-state index in [-0.39, 0.29) is 5.92 Å². The van der Waals surface area contributed by atoms with Crippen LogP contribution in [0.3, 0.4) is 0 Å². The molecule has 0 heterocycles. The lowest BCUT2D eigenvalue weighted by Crippen LogP contribution is -2.06. The first-order chi connectivity index (χ1) is 15.1. The van der Waals surface area contributed by atoms with Gasteiger partial charge >= 0.3 is 0 Å². The van der Waals surface area contributed by atoms with Gasteiger partial charge in [0.15, 0.2) is 0 Å². The van der Waals surface area contributed by atoms with Crippen LogP contribution in [0, 0.1) is 22.7 Å². The van der Waals surface area contributed by atoms with Gasteiger partial charge in [-0.05, 0) is 71.9 Å². The SMILES string of the molecule is CCCC(c1ccc(C#N)cc1)c1ccccc1/C(=C(/C)CC)c1ccc(C#N)cc1. The Balaban J connectivity index is 2.18. The second-order valence-corrected chi connectivity index (χ2v) is 7.86. The highest BCUT2D eigenvalue weighted by atomic mass is 14.3. The predicted molar refractivity (Wildman–Crippen MR) is 127 cm³/mol. The number of nitriles is 2. The van der Waals surface area contributed by atoms with Crippen molar-refractivity contribution < 1.29 is 0 Å². The summed E-state index contributed by atoms with van der Waals surface area (Å²) in [6.45, 7) is 6.60. The van der Waals surface area contributed by atoms with Crippen molar-refractivity contribution in [2.45, 2.75) is 46.0 Å². The van der Waals surface area contributed by atoms with E-state index < -0.39 is 0 Å². The number of hydrogen-bond donors (Lipinski definition) is 0. The molecule has 0 radical (unpaired) electrons. The Kier molecular flexibility index (Phi) is 7.42. The molecule has 0 spiro atoms. The Morgan fingerprint density at radius 3 is 1.94 bits per heavy atom. The molecule has 0 N–H and O–H groups in total. The summed E-state index contributed by atoms with van der Waals surface area (Å²) < 4.78 is 0. The molecule has 0 fully saturated rings. The molecule has 31 heavy (non-hydrogen) atoms. The topological polar surface area (TPSA) is 47.6 Å². The van der Waals surface area contributed by atoms with E-state index in [0.717, 1.165) is 24.8 Å². The summed E-state index contributed by atoms with van der Waals surface area (Å²) in [5.41, 5.74) is 8.86. The fourth-order valence-electron chi connectivity index (χ4n) is 4.13. The van der Waals surface area contributed by atoms with Crippen LogP contribution in [0.5, 0.6) is 0 Å². The third-order valence-electron chi connectivity index (χ3n) is 5.88. The first kappa shape index (κ1) is 22.1. The van der Waals surface area contributed by atoms with Crippen molar-refractivity contribution in [2.24, 2.45) is 0 Å². The third-order valence-corrected chi connectivity index (χ3v) is 5.88. The summed E-state index contributed by atoms with van der Waals surface area (Å²) in [7, 11) is 0. The van der Waals surface area contributed by atoms with Crippen molar-refractivity contribution in [1.82, 2.24) is 0 Å². The summed E-state index contributed by atoms with van der Waals surface area (Å²) in [6.07, 6.45) is 3.06. The van der Waals surface area contributed by atoms with E-state index in [1.165, 1.54) is 27.8 Å². The Hall–Kier alpha value is -3.62. The predicted octanol–water partition coefficient (Wildman–Crippen LogP) is 7.59. The molecule has 0 saturated carbocycles. The Labute approximate surface area is 186 Å². The molecule has 0 aliphatic carbocycles. The summed E-state index contributed by atoms with van der Waals surface area (Å²) >= 11 is 0. The van der Waals surface area contributed by atoms with E-state index in [1.807, 2.05) is 24.3 Å². The van der Waals surface area contributed by atoms with Crippen LogP contribution >= 0.6 is 0 Å². The average Bonchev–Trinajstić information content (AvgIpc) is 2.83. The van der Waals surface area contributed by atoms with E-state index in [2.05, 4.69) is 81.4 Å². The molecule has 2 heteroatoms. The van der Waals surface area contributed by atoms with Gasteiger partial charge in [-0.25, -0.2) is 0 Å². The van der Waals surface area contributed by atoms with Crippen LogP contribution in [0.1, 0.15) is 79.3 Å². The zero-order valence-electron chi connectivity index (χ0n) is 18.5. The molecule has 1 atom stereocenters. The molecular formula is C29H28N2. The number of hydrogen-bond acceptors (Lipinski definition) is 2. The second kappa shape index (κ2) is 10.4. The first-order valence-corrected chi connectivity index (χ1v) is 10.9. The number of benzene rings is 3. The van der Waals surface area contributed by atoms with Gasteiger partial charge in [0.2, 0.25) is 0 Å². The highest BCUT2D eigenvalue weighted by Crippen LogP contribution is 2.38. The Morgan fingerprint density at radius 1 is 0.806 bits per heavy atom. The van der Waals surface area contributed by atoms with Crippen molar-refractivity contribution >= 4 is 5.57 Å². The van der Waals surface area contributed by atoms with E-state index in [0.29, 0.717) is 11.1 Å². The van der Waals surface area contributed by atoms with Crippen molar-refractivity contribution in [3.8, 4) is 12.1 Å². The summed E-state index contributed by atoms with van der Waals surface area (Å²) in [4.78, 5) is 0. The van der Waals surface area contributed by atoms with Crippen molar-refractivity contribution in [3.05, 3.63) is 112 Å². The van der Waals surface area contributed by atoms with Crippen molar-refractivity contribution in [2.75, 3.05) is 0 Å². The third kappa shape index (κ3) is 4.93.